The fraction of sp³-hybridized carbons (Fsp3) is 0.120. The molecule has 0 bridgehead atoms. The quantitative estimate of drug-likeness (QED) is 0.219. The molecule has 0 aromatic heterocycles. The molecule has 3 aromatic rings. The second-order valence-electron chi connectivity index (χ2n) is 7.14. The van der Waals surface area contributed by atoms with Crippen LogP contribution in [0.25, 0.3) is 6.08 Å². The zero-order valence-corrected chi connectivity index (χ0v) is 22.5. The number of amides is 1. The second-order valence-corrected chi connectivity index (χ2v) is 10.3. The van der Waals surface area contributed by atoms with Crippen molar-refractivity contribution in [2.75, 3.05) is 6.61 Å². The molecule has 4 rings (SSSR count). The Balaban J connectivity index is 1.54. The SMILES string of the molecule is CCOc1cc(/C=C2/SC(=Nc3ccc(F)cc3)NC2=O)cc(Br)c1OCc1ccc(I)cc1. The lowest BCUT2D eigenvalue weighted by Crippen LogP contribution is -2.19. The Bertz CT molecular complexity index is 1260. The molecule has 1 aliphatic rings. The Hall–Kier alpha value is -2.37. The van der Waals surface area contributed by atoms with Gasteiger partial charge in [0, 0.05) is 3.57 Å². The summed E-state index contributed by atoms with van der Waals surface area (Å²) in [5, 5.41) is 3.17. The molecular formula is C25H19BrFIN2O3S. The van der Waals surface area contributed by atoms with Gasteiger partial charge in [0.05, 0.1) is 21.7 Å². The predicted molar refractivity (Wildman–Crippen MR) is 146 cm³/mol. The van der Waals surface area contributed by atoms with Crippen molar-refractivity contribution >= 4 is 73.1 Å². The van der Waals surface area contributed by atoms with Gasteiger partial charge in [0.1, 0.15) is 12.4 Å². The molecule has 1 N–H and O–H groups in total. The summed E-state index contributed by atoms with van der Waals surface area (Å²) in [6, 6.07) is 17.6. The highest BCUT2D eigenvalue weighted by Gasteiger charge is 2.24. The normalized spacial score (nSPS) is 15.6. The number of nitrogens with one attached hydrogen (secondary N) is 1. The Morgan fingerprint density at radius 2 is 1.85 bits per heavy atom. The molecule has 1 saturated heterocycles. The number of benzene rings is 3. The van der Waals surface area contributed by atoms with E-state index in [2.05, 4.69) is 48.8 Å². The van der Waals surface area contributed by atoms with Crippen LogP contribution < -0.4 is 14.8 Å². The summed E-state index contributed by atoms with van der Waals surface area (Å²) in [4.78, 5) is 17.3. The van der Waals surface area contributed by atoms with Gasteiger partial charge in [-0.15, -0.1) is 0 Å². The molecule has 1 heterocycles. The lowest BCUT2D eigenvalue weighted by Gasteiger charge is -2.15. The standard InChI is InChI=1S/C25H19BrFIN2O3S/c1-2-32-21-12-16(11-20(26)23(21)33-14-15-3-7-18(28)8-4-15)13-22-24(31)30-25(34-22)29-19-9-5-17(27)6-10-19/h3-13H,2,14H2,1H3,(H,29,30,31)/b22-13+. The second kappa shape index (κ2) is 11.4. The zero-order chi connectivity index (χ0) is 24.1. The molecule has 1 fully saturated rings. The molecule has 0 radical (unpaired) electrons. The first-order chi connectivity index (χ1) is 16.4. The van der Waals surface area contributed by atoms with Crippen molar-refractivity contribution in [3.05, 3.63) is 90.6 Å². The molecular weight excluding hydrogens is 634 g/mol. The molecule has 0 aliphatic carbocycles. The van der Waals surface area contributed by atoms with Gasteiger partial charge in [0.2, 0.25) is 0 Å². The van der Waals surface area contributed by atoms with Crippen LogP contribution in [0.15, 0.2) is 75.0 Å². The number of ether oxygens (including phenoxy) is 2. The lowest BCUT2D eigenvalue weighted by molar-refractivity contribution is -0.115. The van der Waals surface area contributed by atoms with E-state index in [0.717, 1.165) is 19.2 Å². The third kappa shape index (κ3) is 6.39. The van der Waals surface area contributed by atoms with Crippen LogP contribution in [0.5, 0.6) is 11.5 Å². The van der Waals surface area contributed by atoms with E-state index in [1.165, 1.54) is 23.9 Å². The van der Waals surface area contributed by atoms with E-state index in [9.17, 15) is 9.18 Å². The molecule has 1 amide bonds. The van der Waals surface area contributed by atoms with Gasteiger partial charge in [-0.1, -0.05) is 12.1 Å². The zero-order valence-electron chi connectivity index (χ0n) is 18.0. The van der Waals surface area contributed by atoms with E-state index in [1.807, 2.05) is 43.3 Å². The van der Waals surface area contributed by atoms with Crippen molar-refractivity contribution in [2.45, 2.75) is 13.5 Å². The molecule has 5 nitrogen and oxygen atoms in total. The fourth-order valence-corrected chi connectivity index (χ4v) is 4.85. The van der Waals surface area contributed by atoms with Gasteiger partial charge in [-0.2, -0.15) is 0 Å². The molecule has 34 heavy (non-hydrogen) atoms. The first-order valence-electron chi connectivity index (χ1n) is 10.3. The molecule has 174 valence electrons. The van der Waals surface area contributed by atoms with Crippen LogP contribution in [0.4, 0.5) is 10.1 Å². The van der Waals surface area contributed by atoms with Crippen molar-refractivity contribution < 1.29 is 18.7 Å². The minimum absolute atomic E-state index is 0.251. The average Bonchev–Trinajstić information content (AvgIpc) is 3.14. The first-order valence-corrected chi connectivity index (χ1v) is 13.0. The van der Waals surface area contributed by atoms with Gasteiger partial charge in [-0.25, -0.2) is 9.38 Å². The minimum atomic E-state index is -0.339. The van der Waals surface area contributed by atoms with Gasteiger partial charge >= 0.3 is 0 Å². The number of hydrogen-bond acceptors (Lipinski definition) is 5. The van der Waals surface area contributed by atoms with Crippen molar-refractivity contribution in [3.63, 3.8) is 0 Å². The summed E-state index contributed by atoms with van der Waals surface area (Å²) >= 11 is 7.07. The van der Waals surface area contributed by atoms with Crippen LogP contribution in [0.3, 0.4) is 0 Å². The minimum Gasteiger partial charge on any atom is -0.490 e. The number of rotatable bonds is 7. The number of hydrogen-bond donors (Lipinski definition) is 1. The van der Waals surface area contributed by atoms with Crippen LogP contribution in [-0.2, 0) is 11.4 Å². The highest BCUT2D eigenvalue weighted by molar-refractivity contribution is 14.1. The van der Waals surface area contributed by atoms with Crippen molar-refractivity contribution in [3.8, 4) is 11.5 Å². The number of carbonyl (C=O) groups is 1. The van der Waals surface area contributed by atoms with E-state index >= 15 is 0 Å². The van der Waals surface area contributed by atoms with Crippen molar-refractivity contribution in [1.82, 2.24) is 5.32 Å². The van der Waals surface area contributed by atoms with Crippen molar-refractivity contribution in [2.24, 2.45) is 4.99 Å². The highest BCUT2D eigenvalue weighted by atomic mass is 127. The summed E-state index contributed by atoms with van der Waals surface area (Å²) in [5.41, 5.74) is 2.38. The van der Waals surface area contributed by atoms with E-state index in [1.54, 1.807) is 18.2 Å². The predicted octanol–water partition coefficient (Wildman–Crippen LogP) is 7.06. The van der Waals surface area contributed by atoms with Crippen LogP contribution >= 0.6 is 50.3 Å². The van der Waals surface area contributed by atoms with Crippen molar-refractivity contribution in [1.29, 1.82) is 0 Å². The van der Waals surface area contributed by atoms with Crippen LogP contribution in [0.1, 0.15) is 18.1 Å². The number of carbonyl (C=O) groups excluding carboxylic acids is 1. The summed E-state index contributed by atoms with van der Waals surface area (Å²) in [5.74, 6) is 0.593. The molecule has 0 atom stereocenters. The van der Waals surface area contributed by atoms with E-state index in [0.29, 0.717) is 40.5 Å². The Kier molecular flexibility index (Phi) is 8.28. The number of nitrogens with zero attached hydrogens (tertiary/aromatic N) is 1. The topological polar surface area (TPSA) is 59.9 Å². The highest BCUT2D eigenvalue weighted by Crippen LogP contribution is 2.39. The molecule has 1 aliphatic heterocycles. The van der Waals surface area contributed by atoms with E-state index < -0.39 is 0 Å². The maximum Gasteiger partial charge on any atom is 0.264 e. The number of aliphatic imine (C=N–C) groups is 1. The lowest BCUT2D eigenvalue weighted by atomic mass is 10.1. The Labute approximate surface area is 223 Å². The van der Waals surface area contributed by atoms with Gasteiger partial charge in [-0.05, 0) is 123 Å². The summed E-state index contributed by atoms with van der Waals surface area (Å²) in [6.45, 7) is 2.77. The van der Waals surface area contributed by atoms with Gasteiger partial charge in [0.15, 0.2) is 16.7 Å². The molecule has 3 aromatic carbocycles. The van der Waals surface area contributed by atoms with E-state index in [4.69, 9.17) is 9.47 Å². The Morgan fingerprint density at radius 1 is 1.12 bits per heavy atom. The molecule has 0 unspecified atom stereocenters. The van der Waals surface area contributed by atoms with Gasteiger partial charge in [0.25, 0.3) is 5.91 Å². The number of thioether (sulfide) groups is 1. The summed E-state index contributed by atoms with van der Waals surface area (Å²) in [6.07, 6.45) is 1.77. The maximum absolute atomic E-state index is 13.1. The average molecular weight is 653 g/mol. The van der Waals surface area contributed by atoms with Crippen LogP contribution in [0.2, 0.25) is 0 Å². The molecule has 0 spiro atoms. The van der Waals surface area contributed by atoms with Gasteiger partial charge < -0.3 is 14.8 Å². The monoisotopic (exact) mass is 652 g/mol. The molecule has 9 heteroatoms. The van der Waals surface area contributed by atoms with Crippen LogP contribution in [0, 0.1) is 9.39 Å². The Morgan fingerprint density at radius 3 is 2.56 bits per heavy atom. The maximum atomic E-state index is 13.1. The third-order valence-electron chi connectivity index (χ3n) is 4.63. The smallest absolute Gasteiger partial charge is 0.264 e. The molecule has 0 saturated carbocycles. The van der Waals surface area contributed by atoms with Gasteiger partial charge in [-0.3, -0.25) is 4.79 Å². The van der Waals surface area contributed by atoms with E-state index in [-0.39, 0.29) is 11.7 Å². The summed E-state index contributed by atoms with van der Waals surface area (Å²) in [7, 11) is 0. The fourth-order valence-electron chi connectivity index (χ4n) is 3.08. The largest absolute Gasteiger partial charge is 0.490 e. The van der Waals surface area contributed by atoms with Crippen LogP contribution in [-0.4, -0.2) is 17.7 Å². The third-order valence-corrected chi connectivity index (χ3v) is 6.85. The summed E-state index contributed by atoms with van der Waals surface area (Å²) < 4.78 is 26.9. The first kappa shape index (κ1) is 24.7. The number of amidine groups is 1. The number of halogens is 3.